The minimum Gasteiger partial charge on any atom is -0.437 e. The van der Waals surface area contributed by atoms with E-state index >= 15 is 0 Å². The van der Waals surface area contributed by atoms with E-state index in [1.54, 1.807) is 6.07 Å². The van der Waals surface area contributed by atoms with E-state index in [1.807, 2.05) is 44.1 Å². The number of benzene rings is 1. The molecular formula is C14H16N6O. The summed E-state index contributed by atoms with van der Waals surface area (Å²) in [6.45, 7) is 1.88. The first-order valence-electron chi connectivity index (χ1n) is 6.46. The van der Waals surface area contributed by atoms with Gasteiger partial charge in [-0.05, 0) is 19.1 Å². The molecule has 7 nitrogen and oxygen atoms in total. The van der Waals surface area contributed by atoms with Gasteiger partial charge in [0.15, 0.2) is 5.75 Å². The van der Waals surface area contributed by atoms with E-state index in [1.165, 1.54) is 10.8 Å². The lowest BCUT2D eigenvalue weighted by atomic mass is 10.2. The van der Waals surface area contributed by atoms with Gasteiger partial charge in [-0.3, -0.25) is 0 Å². The van der Waals surface area contributed by atoms with Gasteiger partial charge in [0.25, 0.3) is 5.78 Å². The molecule has 3 aromatic rings. The molecule has 0 fully saturated rings. The molecule has 3 rings (SSSR count). The average Bonchev–Trinajstić information content (AvgIpc) is 2.89. The van der Waals surface area contributed by atoms with Gasteiger partial charge in [0, 0.05) is 37.6 Å². The highest BCUT2D eigenvalue weighted by atomic mass is 16.5. The third-order valence-electron chi connectivity index (χ3n) is 3.08. The summed E-state index contributed by atoms with van der Waals surface area (Å²) in [7, 11) is 3.92. The summed E-state index contributed by atoms with van der Waals surface area (Å²) in [4.78, 5) is 10.3. The molecule has 7 heteroatoms. The highest BCUT2D eigenvalue weighted by molar-refractivity contribution is 5.62. The zero-order valence-electron chi connectivity index (χ0n) is 12.1. The second-order valence-corrected chi connectivity index (χ2v) is 4.93. The van der Waals surface area contributed by atoms with E-state index in [0.717, 1.165) is 11.4 Å². The maximum Gasteiger partial charge on any atom is 0.255 e. The van der Waals surface area contributed by atoms with Crippen LogP contribution in [0.1, 0.15) is 5.69 Å². The molecule has 0 aliphatic rings. The number of anilines is 2. The van der Waals surface area contributed by atoms with Gasteiger partial charge in [-0.2, -0.15) is 14.6 Å². The fourth-order valence-electron chi connectivity index (χ4n) is 1.97. The predicted molar refractivity (Wildman–Crippen MR) is 80.8 cm³/mol. The third-order valence-corrected chi connectivity index (χ3v) is 3.08. The minimum atomic E-state index is 0.493. The van der Waals surface area contributed by atoms with Gasteiger partial charge >= 0.3 is 0 Å². The maximum absolute atomic E-state index is 5.99. The van der Waals surface area contributed by atoms with Crippen molar-refractivity contribution in [1.82, 2.24) is 19.6 Å². The van der Waals surface area contributed by atoms with Crippen LogP contribution in [0.5, 0.6) is 11.6 Å². The molecule has 2 aromatic heterocycles. The molecule has 0 aliphatic heterocycles. The Kier molecular flexibility index (Phi) is 3.09. The zero-order valence-corrected chi connectivity index (χ0v) is 12.1. The fraction of sp³-hybridized carbons (Fsp3) is 0.214. The monoisotopic (exact) mass is 284 g/mol. The molecule has 0 unspecified atom stereocenters. The number of nitrogens with zero attached hydrogens (tertiary/aromatic N) is 5. The average molecular weight is 284 g/mol. The van der Waals surface area contributed by atoms with Crippen molar-refractivity contribution in [2.45, 2.75) is 6.92 Å². The van der Waals surface area contributed by atoms with Crippen LogP contribution in [-0.2, 0) is 0 Å². The lowest BCUT2D eigenvalue weighted by molar-refractivity contribution is 0.447. The smallest absolute Gasteiger partial charge is 0.255 e. The summed E-state index contributed by atoms with van der Waals surface area (Å²) in [5, 5.41) is 4.11. The lowest BCUT2D eigenvalue weighted by Crippen LogP contribution is -2.09. The van der Waals surface area contributed by atoms with Crippen LogP contribution in [0.15, 0.2) is 30.6 Å². The first-order chi connectivity index (χ1) is 10.0. The van der Waals surface area contributed by atoms with Gasteiger partial charge < -0.3 is 15.4 Å². The number of aromatic nitrogens is 4. The standard InChI is InChI=1S/C14H16N6O/c1-9-6-13(20-14(18-9)16-8-17-20)21-12-7-10(19(2)3)4-5-11(12)15/h4-8H,15H2,1-3H3. The van der Waals surface area contributed by atoms with Crippen molar-refractivity contribution >= 4 is 17.2 Å². The largest absolute Gasteiger partial charge is 0.437 e. The second-order valence-electron chi connectivity index (χ2n) is 4.93. The number of nitrogens with two attached hydrogens (primary N) is 1. The fourth-order valence-corrected chi connectivity index (χ4v) is 1.97. The molecule has 0 aliphatic carbocycles. The van der Waals surface area contributed by atoms with Gasteiger partial charge in [0.1, 0.15) is 6.33 Å². The Bertz CT molecular complexity index is 795. The molecule has 2 N–H and O–H groups in total. The van der Waals surface area contributed by atoms with E-state index in [9.17, 15) is 0 Å². The topological polar surface area (TPSA) is 81.6 Å². The number of hydrogen-bond acceptors (Lipinski definition) is 6. The minimum absolute atomic E-state index is 0.493. The van der Waals surface area contributed by atoms with Crippen molar-refractivity contribution in [2.75, 3.05) is 24.7 Å². The molecular weight excluding hydrogens is 268 g/mol. The van der Waals surface area contributed by atoms with Gasteiger partial charge in [-0.15, -0.1) is 0 Å². The van der Waals surface area contributed by atoms with E-state index in [0.29, 0.717) is 23.1 Å². The van der Waals surface area contributed by atoms with Gasteiger partial charge in [0.2, 0.25) is 5.88 Å². The van der Waals surface area contributed by atoms with E-state index in [-0.39, 0.29) is 0 Å². The Balaban J connectivity index is 2.06. The molecule has 0 bridgehead atoms. The highest BCUT2D eigenvalue weighted by Gasteiger charge is 2.10. The Morgan fingerprint density at radius 2 is 2.05 bits per heavy atom. The van der Waals surface area contributed by atoms with Crippen LogP contribution >= 0.6 is 0 Å². The van der Waals surface area contributed by atoms with Crippen molar-refractivity contribution < 1.29 is 4.74 Å². The van der Waals surface area contributed by atoms with Crippen LogP contribution in [0.25, 0.3) is 5.78 Å². The number of aryl methyl sites for hydroxylation is 1. The zero-order chi connectivity index (χ0) is 15.0. The summed E-state index contributed by atoms with van der Waals surface area (Å²) in [6.07, 6.45) is 1.44. The number of ether oxygens (including phenoxy) is 1. The van der Waals surface area contributed by atoms with E-state index in [4.69, 9.17) is 10.5 Å². The number of rotatable bonds is 3. The van der Waals surface area contributed by atoms with E-state index in [2.05, 4.69) is 15.1 Å². The van der Waals surface area contributed by atoms with Crippen molar-refractivity contribution in [1.29, 1.82) is 0 Å². The first kappa shape index (κ1) is 13.2. The van der Waals surface area contributed by atoms with Crippen LogP contribution in [-0.4, -0.2) is 33.7 Å². The highest BCUT2D eigenvalue weighted by Crippen LogP contribution is 2.31. The SMILES string of the molecule is Cc1cc(Oc2cc(N(C)C)ccc2N)n2ncnc2n1. The summed E-state index contributed by atoms with van der Waals surface area (Å²) < 4.78 is 7.46. The number of nitrogen functional groups attached to an aromatic ring is 1. The second kappa shape index (κ2) is 4.93. The van der Waals surface area contributed by atoms with Gasteiger partial charge in [-0.25, -0.2) is 4.98 Å². The molecule has 0 radical (unpaired) electrons. The van der Waals surface area contributed by atoms with Crippen molar-refractivity contribution in [3.8, 4) is 11.6 Å². The molecule has 2 heterocycles. The number of hydrogen-bond donors (Lipinski definition) is 1. The first-order valence-corrected chi connectivity index (χ1v) is 6.46. The third kappa shape index (κ3) is 2.45. The van der Waals surface area contributed by atoms with Crippen LogP contribution in [0.2, 0.25) is 0 Å². The summed E-state index contributed by atoms with van der Waals surface area (Å²) >= 11 is 0. The molecule has 108 valence electrons. The van der Waals surface area contributed by atoms with Crippen LogP contribution in [0, 0.1) is 6.92 Å². The lowest BCUT2D eigenvalue weighted by Gasteiger charge is -2.15. The summed E-state index contributed by atoms with van der Waals surface area (Å²) in [5.41, 5.74) is 8.35. The van der Waals surface area contributed by atoms with Crippen LogP contribution < -0.4 is 15.4 Å². The van der Waals surface area contributed by atoms with Crippen molar-refractivity contribution in [2.24, 2.45) is 0 Å². The Morgan fingerprint density at radius 1 is 1.24 bits per heavy atom. The maximum atomic E-state index is 5.99. The molecule has 0 amide bonds. The Hall–Kier alpha value is -2.83. The van der Waals surface area contributed by atoms with Crippen LogP contribution in [0.4, 0.5) is 11.4 Å². The van der Waals surface area contributed by atoms with E-state index < -0.39 is 0 Å². The van der Waals surface area contributed by atoms with Crippen LogP contribution in [0.3, 0.4) is 0 Å². The Labute approximate surface area is 122 Å². The summed E-state index contributed by atoms with van der Waals surface area (Å²) in [6, 6.07) is 7.43. The molecule has 0 spiro atoms. The van der Waals surface area contributed by atoms with Gasteiger partial charge in [0.05, 0.1) is 5.69 Å². The molecule has 0 saturated carbocycles. The molecule has 0 atom stereocenters. The molecule has 21 heavy (non-hydrogen) atoms. The quantitative estimate of drug-likeness (QED) is 0.739. The number of fused-ring (bicyclic) bond motifs is 1. The molecule has 1 aromatic carbocycles. The normalized spacial score (nSPS) is 10.8. The Morgan fingerprint density at radius 3 is 2.81 bits per heavy atom. The van der Waals surface area contributed by atoms with Gasteiger partial charge in [-0.1, -0.05) is 0 Å². The molecule has 0 saturated heterocycles. The van der Waals surface area contributed by atoms with Crippen molar-refractivity contribution in [3.63, 3.8) is 0 Å². The van der Waals surface area contributed by atoms with Crippen molar-refractivity contribution in [3.05, 3.63) is 36.3 Å². The predicted octanol–water partition coefficient (Wildman–Crippen LogP) is 1.87. The summed E-state index contributed by atoms with van der Waals surface area (Å²) in [5.74, 6) is 1.59.